The molecule has 2 saturated heterocycles. The maximum absolute atomic E-state index is 11.6. The van der Waals surface area contributed by atoms with Gasteiger partial charge in [0.05, 0.1) is 24.3 Å². The fraction of sp³-hybridized carbons (Fsp3) is 0.529. The van der Waals surface area contributed by atoms with Crippen LogP contribution in [0.3, 0.4) is 0 Å². The van der Waals surface area contributed by atoms with E-state index in [1.807, 2.05) is 72.9 Å². The molecule has 0 bridgehead atoms. The van der Waals surface area contributed by atoms with Crippen LogP contribution in [0, 0.1) is 22.1 Å². The molecule has 30 nitrogen and oxygen atoms in total. The number of nitriles is 1. The number of aryl methyl sites for hydroxylation is 4. The Morgan fingerprint density at radius 2 is 1.11 bits per heavy atom. The SMILES string of the molecule is C.CCOC(=O)C1CCCCCCC1=O.N#CNC(=Nc1ccc(OCCN2CCCC2)cc1)Oc1ccccc1.NC(N)=S.NNc1ncnc2c1CCCCCC2.Nc1nc(Nc2ccc(OCCN3CCCC3)cc2)nn1-c1ncnc2c1CCCCCC2.O=c1[nH]c(=S)[nH]c2c1CCCCCC2.O=c1[nH]cnc2c1CCCCCC2. The Kier molecular flexibility index (Phi) is 41.9. The highest BCUT2D eigenvalue weighted by Gasteiger charge is 2.28. The number of ether oxygens (including phenoxy) is 4. The van der Waals surface area contributed by atoms with E-state index < -0.39 is 5.92 Å². The van der Waals surface area contributed by atoms with Crippen molar-refractivity contribution in [2.45, 2.75) is 233 Å². The lowest BCUT2D eigenvalue weighted by Crippen LogP contribution is -2.27. The number of benzene rings is 3. The number of H-pyrrole nitrogens is 3. The summed E-state index contributed by atoms with van der Waals surface area (Å²) in [4.78, 5) is 89.7. The Morgan fingerprint density at radius 3 is 1.69 bits per heavy atom. The van der Waals surface area contributed by atoms with Crippen LogP contribution in [0.15, 0.2) is 112 Å². The molecule has 7 heterocycles. The Hall–Kier alpha value is -10.6. The van der Waals surface area contributed by atoms with Crippen LogP contribution < -0.4 is 64.4 Å². The first-order valence-electron chi connectivity index (χ1n) is 42.3. The number of fused-ring (bicyclic) bond motifs is 4. The second-order valence-electron chi connectivity index (χ2n) is 29.9. The third-order valence-electron chi connectivity index (χ3n) is 21.2. The molecule has 7 aliphatic rings. The number of nitrogens with two attached hydrogens (primary N) is 4. The van der Waals surface area contributed by atoms with Crippen molar-refractivity contribution in [2.75, 3.05) is 75.6 Å². The maximum Gasteiger partial charge on any atom is 0.316 e. The summed E-state index contributed by atoms with van der Waals surface area (Å²) in [6.07, 6.45) is 44.2. The summed E-state index contributed by atoms with van der Waals surface area (Å²) in [7, 11) is 0. The van der Waals surface area contributed by atoms with Crippen LogP contribution >= 0.6 is 24.4 Å². The van der Waals surface area contributed by atoms with Gasteiger partial charge in [0.2, 0.25) is 11.9 Å². The van der Waals surface area contributed by atoms with Gasteiger partial charge in [0, 0.05) is 64.5 Å². The van der Waals surface area contributed by atoms with Gasteiger partial charge in [-0.15, -0.1) is 5.10 Å². The van der Waals surface area contributed by atoms with Crippen molar-refractivity contribution in [3.63, 3.8) is 0 Å². The van der Waals surface area contributed by atoms with Crippen LogP contribution in [0.5, 0.6) is 17.2 Å². The molecule has 8 aromatic rings. The number of nitrogens with zero attached hydrogens (tertiary/aromatic N) is 12. The minimum absolute atomic E-state index is 0. The van der Waals surface area contributed by atoms with Gasteiger partial charge in [-0.25, -0.2) is 36.1 Å². The molecule has 5 aromatic heterocycles. The van der Waals surface area contributed by atoms with Gasteiger partial charge in [0.25, 0.3) is 11.1 Å². The number of carbonyl (C=O) groups is 2. The Morgan fingerprint density at radius 1 is 0.597 bits per heavy atom. The van der Waals surface area contributed by atoms with E-state index in [4.69, 9.17) is 48.0 Å². The first kappa shape index (κ1) is 93.9. The van der Waals surface area contributed by atoms with E-state index in [1.165, 1.54) is 140 Å². The average Bonchev–Trinajstić information content (AvgIpc) is 1.67. The molecular formula is C87H124N22O8S2. The molecule has 15 rings (SSSR count). The van der Waals surface area contributed by atoms with E-state index in [0.717, 1.165) is 185 Å². The number of hydrogen-bond acceptors (Lipinski definition) is 25. The van der Waals surface area contributed by atoms with E-state index >= 15 is 0 Å². The van der Waals surface area contributed by atoms with Crippen LogP contribution in [0.25, 0.3) is 5.82 Å². The number of hydrogen-bond donors (Lipinski definition) is 10. The summed E-state index contributed by atoms with van der Waals surface area (Å²) in [6, 6.07) is 24.6. The van der Waals surface area contributed by atoms with E-state index in [1.54, 1.807) is 36.4 Å². The number of likely N-dealkylation sites (tertiary alicyclic amines) is 2. The maximum atomic E-state index is 11.6. The normalized spacial score (nSPS) is 16.7. The van der Waals surface area contributed by atoms with Crippen molar-refractivity contribution in [2.24, 2.45) is 28.2 Å². The van der Waals surface area contributed by atoms with Crippen molar-refractivity contribution in [1.82, 2.24) is 69.8 Å². The molecule has 2 aliphatic heterocycles. The van der Waals surface area contributed by atoms with Crippen molar-refractivity contribution in [1.29, 1.82) is 5.26 Å². The molecule has 3 aromatic carbocycles. The number of hydrazine groups is 1. The summed E-state index contributed by atoms with van der Waals surface area (Å²) in [5, 5.41) is 19.2. The molecule has 0 radical (unpaired) electrons. The molecule has 1 atom stereocenters. The number of nitrogen functional groups attached to an aromatic ring is 2. The van der Waals surface area contributed by atoms with Crippen molar-refractivity contribution < 1.29 is 28.5 Å². The largest absolute Gasteiger partial charge is 0.492 e. The number of esters is 1. The molecule has 0 spiro atoms. The third kappa shape index (κ3) is 32.9. The number of ketones is 1. The molecule has 642 valence electrons. The number of para-hydroxylation sites is 1. The number of anilines is 4. The van der Waals surface area contributed by atoms with E-state index in [2.05, 4.69) is 104 Å². The standard InChI is InChI=1S/C24H32N8O.C20H22N4O2.C11H18O3.C10H16N4.C10H14N2OS.C10H14N2O.CH4N2S.CH4/c25-23-29-24(28-18-9-11-19(12-10-18)33-16-15-31-13-5-6-14-31)30-32(23)22-20-7-3-1-2-4-8-21(20)26-17-27-22;21-16-22-20(26-19-6-2-1-3-7-19)23-17-8-10-18(11-9-17)25-15-14-24-12-4-5-13-24;1-2-14-11(13)9-7-5-3-4-6-8-10(9)12;11-14-10-8-5-3-1-2-4-6-9(8)12-7-13-10;13-9-7-5-3-1-2-4-6-8(7)11-10(14)12-9;13-10-8-5-3-1-2-4-6-9(8)11-7-12-10;2-1(3)4;/h9-12,17H,1-8,13-16H2,(H3,25,28,29,30);1-3,6-11H,4-5,12-15H2,(H,22,23);9H,2-8H2,1H3;7H,1-6,11H2,(H,12,13,14);1-6H2,(H2,11,12,13,14);7H,1-6H2,(H,11,12,13);(H4,2,3,4);1H4. The fourth-order valence-electron chi connectivity index (χ4n) is 15.1. The Balaban J connectivity index is 0.000000183. The van der Waals surface area contributed by atoms with E-state index in [0.29, 0.717) is 60.8 Å². The summed E-state index contributed by atoms with van der Waals surface area (Å²) in [6.45, 7) is 10.2. The number of aromatic nitrogens is 11. The summed E-state index contributed by atoms with van der Waals surface area (Å²) in [5.74, 6) is 9.26. The van der Waals surface area contributed by atoms with Gasteiger partial charge in [-0.3, -0.25) is 34.0 Å². The Bertz CT molecular complexity index is 4610. The highest BCUT2D eigenvalue weighted by molar-refractivity contribution is 7.80. The monoisotopic (exact) mass is 1670 g/mol. The van der Waals surface area contributed by atoms with Gasteiger partial charge in [0.1, 0.15) is 60.6 Å². The summed E-state index contributed by atoms with van der Waals surface area (Å²) < 4.78 is 24.2. The van der Waals surface area contributed by atoms with Gasteiger partial charge in [-0.05, 0) is 259 Å². The zero-order valence-electron chi connectivity index (χ0n) is 68.5. The van der Waals surface area contributed by atoms with Gasteiger partial charge >= 0.3 is 12.0 Å². The van der Waals surface area contributed by atoms with Gasteiger partial charge in [-0.2, -0.15) is 19.9 Å². The fourth-order valence-corrected chi connectivity index (χ4v) is 15.3. The summed E-state index contributed by atoms with van der Waals surface area (Å²) in [5.41, 5.74) is 28.3. The van der Waals surface area contributed by atoms with E-state index in [9.17, 15) is 19.2 Å². The highest BCUT2D eigenvalue weighted by Crippen LogP contribution is 2.29. The number of Topliss-reactive ketones (excluding diaryl/α,β-unsaturated/α-hetero) is 1. The number of amidine groups is 1. The lowest BCUT2D eigenvalue weighted by Gasteiger charge is -2.16. The zero-order chi connectivity index (χ0) is 83.3. The summed E-state index contributed by atoms with van der Waals surface area (Å²) >= 11 is 9.04. The topological polar surface area (TPSA) is 431 Å². The van der Waals surface area contributed by atoms with Crippen LogP contribution in [0.2, 0.25) is 0 Å². The van der Waals surface area contributed by atoms with Crippen LogP contribution in [-0.4, -0.2) is 146 Å². The second-order valence-corrected chi connectivity index (χ2v) is 30.8. The molecule has 1 saturated carbocycles. The van der Waals surface area contributed by atoms with Crippen LogP contribution in [0.1, 0.15) is 226 Å². The van der Waals surface area contributed by atoms with Crippen molar-refractivity contribution in [3.8, 4) is 29.3 Å². The molecule has 1 unspecified atom stereocenters. The average molecular weight is 1670 g/mol. The van der Waals surface area contributed by atoms with Crippen LogP contribution in [0.4, 0.5) is 29.1 Å². The first-order valence-corrected chi connectivity index (χ1v) is 43.1. The van der Waals surface area contributed by atoms with Gasteiger partial charge < -0.3 is 56.9 Å². The molecule has 5 aliphatic carbocycles. The van der Waals surface area contributed by atoms with Crippen molar-refractivity contribution in [3.05, 3.63) is 168 Å². The lowest BCUT2D eigenvalue weighted by molar-refractivity contribution is -0.152. The minimum Gasteiger partial charge on any atom is -0.492 e. The molecule has 32 heteroatoms. The third-order valence-corrected chi connectivity index (χ3v) is 21.4. The molecule has 119 heavy (non-hydrogen) atoms. The highest BCUT2D eigenvalue weighted by atomic mass is 32.1. The number of thiocarbonyl (C=S) groups is 1. The van der Waals surface area contributed by atoms with E-state index in [-0.39, 0.29) is 41.4 Å². The van der Waals surface area contributed by atoms with Gasteiger partial charge in [0.15, 0.2) is 21.9 Å². The number of nitrogens with one attached hydrogen (secondary N) is 6. The number of aliphatic imine (C=N–C) groups is 1. The smallest absolute Gasteiger partial charge is 0.316 e. The number of carbonyl (C=O) groups excluding carboxylic acids is 2. The van der Waals surface area contributed by atoms with Gasteiger partial charge in [-0.1, -0.05) is 96.3 Å². The number of aromatic amines is 3. The quantitative estimate of drug-likeness (QED) is 0.00494. The lowest BCUT2D eigenvalue weighted by atomic mass is 9.90. The molecule has 3 fully saturated rings. The number of rotatable bonds is 16. The molecule has 0 amide bonds. The predicted molar refractivity (Wildman–Crippen MR) is 474 cm³/mol. The Labute approximate surface area is 710 Å². The van der Waals surface area contributed by atoms with Crippen LogP contribution in [-0.2, 0) is 65.7 Å². The van der Waals surface area contributed by atoms with Crippen molar-refractivity contribution >= 4 is 76.4 Å². The molecular weight excluding hydrogens is 1550 g/mol. The zero-order valence-corrected chi connectivity index (χ0v) is 70.1. The second kappa shape index (κ2) is 53.1. The predicted octanol–water partition coefficient (Wildman–Crippen LogP) is 13.7. The minimum atomic E-state index is -0.477. The first-order chi connectivity index (χ1) is 57.6. The molecule has 14 N–H and O–H groups in total.